The molecule has 1 aliphatic heterocycles. The molecule has 2 unspecified atom stereocenters. The molecule has 2 rings (SSSR count). The summed E-state index contributed by atoms with van der Waals surface area (Å²) in [5.74, 6) is -3.60. The van der Waals surface area contributed by atoms with Crippen LogP contribution in [-0.4, -0.2) is 26.5 Å². The third kappa shape index (κ3) is 3.15. The number of nitrogens with one attached hydrogen (secondary N) is 1. The second kappa shape index (κ2) is 5.73. The Kier molecular flexibility index (Phi) is 4.39. The molecule has 0 radical (unpaired) electrons. The van der Waals surface area contributed by atoms with Gasteiger partial charge >= 0.3 is 0 Å². The Morgan fingerprint density at radius 1 is 1.25 bits per heavy atom. The Morgan fingerprint density at radius 2 is 1.90 bits per heavy atom. The van der Waals surface area contributed by atoms with Crippen molar-refractivity contribution >= 4 is 9.84 Å². The van der Waals surface area contributed by atoms with Gasteiger partial charge in [0.25, 0.3) is 0 Å². The van der Waals surface area contributed by atoms with Crippen molar-refractivity contribution in [2.75, 3.05) is 18.1 Å². The fourth-order valence-electron chi connectivity index (χ4n) is 2.61. The van der Waals surface area contributed by atoms with E-state index in [4.69, 9.17) is 0 Å². The maximum Gasteiger partial charge on any atom is 0.161 e. The van der Waals surface area contributed by atoms with Gasteiger partial charge in [0.05, 0.1) is 11.5 Å². The minimum Gasteiger partial charge on any atom is -0.310 e. The summed E-state index contributed by atoms with van der Waals surface area (Å²) in [6.45, 7) is 2.26. The zero-order valence-corrected chi connectivity index (χ0v) is 11.8. The smallest absolute Gasteiger partial charge is 0.161 e. The monoisotopic (exact) mass is 307 g/mol. The van der Waals surface area contributed by atoms with Gasteiger partial charge in [-0.05, 0) is 24.9 Å². The lowest BCUT2D eigenvalue weighted by Gasteiger charge is -2.24. The molecule has 112 valence electrons. The van der Waals surface area contributed by atoms with Crippen molar-refractivity contribution in [3.8, 4) is 0 Å². The molecule has 0 aliphatic carbocycles. The summed E-state index contributed by atoms with van der Waals surface area (Å²) >= 11 is 0. The highest BCUT2D eigenvalue weighted by atomic mass is 32.2. The second-order valence-electron chi connectivity index (χ2n) is 4.99. The molecule has 1 saturated heterocycles. The topological polar surface area (TPSA) is 46.2 Å². The number of benzene rings is 1. The van der Waals surface area contributed by atoms with E-state index in [-0.39, 0.29) is 23.0 Å². The first-order valence-corrected chi connectivity index (χ1v) is 8.24. The lowest BCUT2D eigenvalue weighted by molar-refractivity contribution is 0.381. The average Bonchev–Trinajstić information content (AvgIpc) is 2.71. The summed E-state index contributed by atoms with van der Waals surface area (Å²) in [5, 5.41) is 2.97. The van der Waals surface area contributed by atoms with Crippen LogP contribution in [0.2, 0.25) is 0 Å². The van der Waals surface area contributed by atoms with Crippen molar-refractivity contribution in [3.63, 3.8) is 0 Å². The molecular formula is C13H16F3NO2S. The Labute approximate surface area is 116 Å². The zero-order valence-electron chi connectivity index (χ0n) is 11.0. The van der Waals surface area contributed by atoms with Crippen molar-refractivity contribution in [1.82, 2.24) is 5.32 Å². The van der Waals surface area contributed by atoms with E-state index in [0.29, 0.717) is 19.0 Å². The van der Waals surface area contributed by atoms with Gasteiger partial charge in [-0.25, -0.2) is 21.6 Å². The van der Waals surface area contributed by atoms with Crippen LogP contribution in [0.15, 0.2) is 12.1 Å². The van der Waals surface area contributed by atoms with E-state index in [1.807, 2.05) is 0 Å². The highest BCUT2D eigenvalue weighted by Gasteiger charge is 2.35. The fraction of sp³-hybridized carbons (Fsp3) is 0.538. The number of hydrogen-bond acceptors (Lipinski definition) is 3. The van der Waals surface area contributed by atoms with Gasteiger partial charge in [-0.15, -0.1) is 0 Å². The van der Waals surface area contributed by atoms with Gasteiger partial charge < -0.3 is 5.32 Å². The molecule has 0 saturated carbocycles. The minimum atomic E-state index is -3.13. The van der Waals surface area contributed by atoms with Crippen molar-refractivity contribution < 1.29 is 21.6 Å². The number of hydrogen-bond donors (Lipinski definition) is 1. The first kappa shape index (κ1) is 15.3. The van der Waals surface area contributed by atoms with Crippen LogP contribution in [-0.2, 0) is 9.84 Å². The van der Waals surface area contributed by atoms with Crippen LogP contribution in [0, 0.1) is 23.4 Å². The van der Waals surface area contributed by atoms with Crippen LogP contribution >= 0.6 is 0 Å². The summed E-state index contributed by atoms with van der Waals surface area (Å²) in [7, 11) is -3.13. The van der Waals surface area contributed by atoms with Gasteiger partial charge in [0.15, 0.2) is 21.5 Å². The van der Waals surface area contributed by atoms with Gasteiger partial charge in [0.1, 0.15) is 5.82 Å². The number of sulfone groups is 1. The zero-order chi connectivity index (χ0) is 14.9. The van der Waals surface area contributed by atoms with Crippen LogP contribution in [0.5, 0.6) is 0 Å². The predicted molar refractivity (Wildman–Crippen MR) is 69.5 cm³/mol. The Bertz CT molecular complexity index is 604. The molecule has 7 heteroatoms. The lowest BCUT2D eigenvalue weighted by Crippen LogP contribution is -2.30. The Balaban J connectivity index is 2.36. The quantitative estimate of drug-likeness (QED) is 0.867. The first-order valence-electron chi connectivity index (χ1n) is 6.42. The molecular weight excluding hydrogens is 291 g/mol. The number of halogens is 3. The summed E-state index contributed by atoms with van der Waals surface area (Å²) in [6.07, 6.45) is 0.387. The maximum absolute atomic E-state index is 13.9. The SMILES string of the molecule is CCNC(c1cc(F)c(F)cc1F)C1CCS(=O)(=O)C1. The molecule has 3 nitrogen and oxygen atoms in total. The van der Waals surface area contributed by atoms with E-state index in [1.54, 1.807) is 6.92 Å². The van der Waals surface area contributed by atoms with Crippen molar-refractivity contribution in [2.24, 2.45) is 5.92 Å². The Morgan fingerprint density at radius 3 is 2.45 bits per heavy atom. The molecule has 1 heterocycles. The first-order chi connectivity index (χ1) is 9.34. The van der Waals surface area contributed by atoms with E-state index < -0.39 is 33.3 Å². The molecule has 1 N–H and O–H groups in total. The van der Waals surface area contributed by atoms with Crippen molar-refractivity contribution in [3.05, 3.63) is 35.1 Å². The van der Waals surface area contributed by atoms with E-state index >= 15 is 0 Å². The van der Waals surface area contributed by atoms with Gasteiger partial charge in [-0.3, -0.25) is 0 Å². The summed E-state index contributed by atoms with van der Waals surface area (Å²) in [4.78, 5) is 0. The molecule has 20 heavy (non-hydrogen) atoms. The molecule has 2 atom stereocenters. The largest absolute Gasteiger partial charge is 0.310 e. The maximum atomic E-state index is 13.9. The normalized spacial score (nSPS) is 22.9. The van der Waals surface area contributed by atoms with Crippen LogP contribution in [0.3, 0.4) is 0 Å². The average molecular weight is 307 g/mol. The van der Waals surface area contributed by atoms with E-state index in [2.05, 4.69) is 5.32 Å². The van der Waals surface area contributed by atoms with Gasteiger partial charge in [0.2, 0.25) is 0 Å². The minimum absolute atomic E-state index is 0.0205. The summed E-state index contributed by atoms with van der Waals surface area (Å²) in [5.41, 5.74) is -0.0205. The molecule has 1 aliphatic rings. The standard InChI is InChI=1S/C13H16F3NO2S/c1-2-17-13(8-3-4-20(18,19)7-8)9-5-11(15)12(16)6-10(9)14/h5-6,8,13,17H,2-4,7H2,1H3. The number of rotatable bonds is 4. The van der Waals surface area contributed by atoms with Crippen molar-refractivity contribution in [2.45, 2.75) is 19.4 Å². The highest BCUT2D eigenvalue weighted by molar-refractivity contribution is 7.91. The highest BCUT2D eigenvalue weighted by Crippen LogP contribution is 2.33. The van der Waals surface area contributed by atoms with Crippen LogP contribution in [0.1, 0.15) is 24.9 Å². The fourth-order valence-corrected chi connectivity index (χ4v) is 4.45. The molecule has 1 aromatic rings. The molecule has 1 aromatic carbocycles. The van der Waals surface area contributed by atoms with E-state index in [0.717, 1.165) is 6.07 Å². The van der Waals surface area contributed by atoms with Crippen molar-refractivity contribution in [1.29, 1.82) is 0 Å². The van der Waals surface area contributed by atoms with Crippen LogP contribution in [0.25, 0.3) is 0 Å². The third-order valence-corrected chi connectivity index (χ3v) is 5.33. The molecule has 0 spiro atoms. The van der Waals surface area contributed by atoms with Gasteiger partial charge in [-0.2, -0.15) is 0 Å². The molecule has 1 fully saturated rings. The summed E-state index contributed by atoms with van der Waals surface area (Å²) < 4.78 is 63.2. The molecule has 0 bridgehead atoms. The predicted octanol–water partition coefficient (Wildman–Crippen LogP) is 2.19. The summed E-state index contributed by atoms with van der Waals surface area (Å²) in [6, 6.07) is 0.675. The van der Waals surface area contributed by atoms with E-state index in [9.17, 15) is 21.6 Å². The molecule has 0 aromatic heterocycles. The van der Waals surface area contributed by atoms with E-state index in [1.165, 1.54) is 0 Å². The third-order valence-electron chi connectivity index (χ3n) is 3.54. The van der Waals surface area contributed by atoms with Gasteiger partial charge in [-0.1, -0.05) is 6.92 Å². The van der Waals surface area contributed by atoms with Crippen LogP contribution < -0.4 is 5.32 Å². The lowest BCUT2D eigenvalue weighted by atomic mass is 9.92. The van der Waals surface area contributed by atoms with Crippen LogP contribution in [0.4, 0.5) is 13.2 Å². The Hall–Kier alpha value is -1.08. The second-order valence-corrected chi connectivity index (χ2v) is 7.22. The van der Waals surface area contributed by atoms with Gasteiger partial charge in [0, 0.05) is 17.7 Å². The molecule has 0 amide bonds.